The van der Waals surface area contributed by atoms with E-state index < -0.39 is 0 Å². The molecule has 0 amide bonds. The number of aromatic nitrogens is 2. The van der Waals surface area contributed by atoms with E-state index >= 15 is 0 Å². The highest BCUT2D eigenvalue weighted by atomic mass is 14.8. The van der Waals surface area contributed by atoms with Crippen molar-refractivity contribution in [3.05, 3.63) is 103 Å². The minimum Gasteiger partial charge on any atom is -0.236 e. The Bertz CT molecular complexity index is 880. The van der Waals surface area contributed by atoms with Crippen LogP contribution < -0.4 is 0 Å². The predicted molar refractivity (Wildman–Crippen MR) is 98.4 cm³/mol. The number of nitrogens with zero attached hydrogens (tertiary/aromatic N) is 2. The van der Waals surface area contributed by atoms with Crippen LogP contribution in [0.3, 0.4) is 0 Å². The molecule has 1 aliphatic rings. The smallest absolute Gasteiger partial charge is 0.116 e. The third-order valence-corrected chi connectivity index (χ3v) is 4.36. The summed E-state index contributed by atoms with van der Waals surface area (Å²) in [5.41, 5.74) is 5.58. The Morgan fingerprint density at radius 3 is 2.21 bits per heavy atom. The van der Waals surface area contributed by atoms with E-state index in [1.165, 1.54) is 11.1 Å². The first kappa shape index (κ1) is 14.6. The van der Waals surface area contributed by atoms with Crippen LogP contribution in [0.25, 0.3) is 16.8 Å². The molecule has 0 fully saturated rings. The van der Waals surface area contributed by atoms with Crippen molar-refractivity contribution in [3.63, 3.8) is 0 Å². The summed E-state index contributed by atoms with van der Waals surface area (Å²) in [6, 6.07) is 22.9. The summed E-state index contributed by atoms with van der Waals surface area (Å²) in [6.45, 7) is 0. The van der Waals surface area contributed by atoms with Crippen LogP contribution in [-0.2, 0) is 0 Å². The van der Waals surface area contributed by atoms with E-state index in [0.717, 1.165) is 23.4 Å². The van der Waals surface area contributed by atoms with Crippen LogP contribution in [0.5, 0.6) is 0 Å². The first-order valence-electron chi connectivity index (χ1n) is 8.21. The lowest BCUT2D eigenvalue weighted by atomic mass is 9.89. The van der Waals surface area contributed by atoms with Gasteiger partial charge in [0, 0.05) is 11.5 Å². The molecule has 0 spiro atoms. The molecular weight excluding hydrogens is 292 g/mol. The Kier molecular flexibility index (Phi) is 4.03. The van der Waals surface area contributed by atoms with Crippen molar-refractivity contribution in [2.75, 3.05) is 0 Å². The van der Waals surface area contributed by atoms with Crippen LogP contribution in [0.2, 0.25) is 0 Å². The zero-order valence-electron chi connectivity index (χ0n) is 13.3. The number of rotatable bonds is 3. The molecule has 1 atom stereocenters. The summed E-state index contributed by atoms with van der Waals surface area (Å²) in [5, 5.41) is 0. The van der Waals surface area contributed by atoms with Gasteiger partial charge >= 0.3 is 0 Å². The Labute approximate surface area is 142 Å². The normalized spacial score (nSPS) is 16.7. The van der Waals surface area contributed by atoms with Gasteiger partial charge in [0.05, 0.1) is 11.4 Å². The van der Waals surface area contributed by atoms with Crippen LogP contribution in [0.4, 0.5) is 0 Å². The third-order valence-electron chi connectivity index (χ3n) is 4.36. The van der Waals surface area contributed by atoms with E-state index in [9.17, 15) is 0 Å². The second-order valence-corrected chi connectivity index (χ2v) is 5.93. The average Bonchev–Trinajstić information content (AvgIpc) is 2.70. The van der Waals surface area contributed by atoms with Crippen molar-refractivity contribution in [3.8, 4) is 11.3 Å². The lowest BCUT2D eigenvalue weighted by Crippen LogP contribution is -2.00. The zero-order chi connectivity index (χ0) is 16.2. The zero-order valence-corrected chi connectivity index (χ0v) is 13.3. The van der Waals surface area contributed by atoms with Crippen molar-refractivity contribution < 1.29 is 0 Å². The van der Waals surface area contributed by atoms with E-state index in [0.29, 0.717) is 5.92 Å². The Hall–Kier alpha value is -3.00. The van der Waals surface area contributed by atoms with Crippen LogP contribution in [-0.4, -0.2) is 9.97 Å². The molecular formula is C22H18N2. The van der Waals surface area contributed by atoms with Gasteiger partial charge in [0.2, 0.25) is 0 Å². The Balaban J connectivity index is 1.58. The summed E-state index contributed by atoms with van der Waals surface area (Å²) in [6.07, 6.45) is 9.37. The highest BCUT2D eigenvalue weighted by Crippen LogP contribution is 2.30. The van der Waals surface area contributed by atoms with Crippen LogP contribution in [0, 0.1) is 0 Å². The highest BCUT2D eigenvalue weighted by Gasteiger charge is 2.13. The van der Waals surface area contributed by atoms with E-state index in [1.807, 2.05) is 18.2 Å². The number of hydrogen-bond donors (Lipinski definition) is 0. The summed E-state index contributed by atoms with van der Waals surface area (Å²) in [7, 11) is 0. The van der Waals surface area contributed by atoms with Crippen molar-refractivity contribution in [1.29, 1.82) is 0 Å². The summed E-state index contributed by atoms with van der Waals surface area (Å²) in [5.74, 6) is 0.449. The van der Waals surface area contributed by atoms with E-state index in [2.05, 4.69) is 76.7 Å². The van der Waals surface area contributed by atoms with Gasteiger partial charge in [-0.15, -0.1) is 0 Å². The molecule has 1 aliphatic carbocycles. The molecule has 3 aromatic rings. The van der Waals surface area contributed by atoms with Crippen molar-refractivity contribution in [2.45, 2.75) is 12.3 Å². The first-order chi connectivity index (χ1) is 11.9. The van der Waals surface area contributed by atoms with Gasteiger partial charge in [-0.2, -0.15) is 0 Å². The maximum absolute atomic E-state index is 4.46. The molecule has 24 heavy (non-hydrogen) atoms. The molecule has 0 saturated carbocycles. The molecule has 1 heterocycles. The number of hydrogen-bond acceptors (Lipinski definition) is 2. The van der Waals surface area contributed by atoms with Crippen LogP contribution >= 0.6 is 0 Å². The van der Waals surface area contributed by atoms with Gasteiger partial charge in [-0.25, -0.2) is 9.97 Å². The molecule has 1 aromatic heterocycles. The van der Waals surface area contributed by atoms with Crippen LogP contribution in [0.1, 0.15) is 23.6 Å². The first-order valence-corrected chi connectivity index (χ1v) is 8.21. The predicted octanol–water partition coefficient (Wildman–Crippen LogP) is 5.27. The molecule has 2 aromatic carbocycles. The van der Waals surface area contributed by atoms with Gasteiger partial charge in [-0.05, 0) is 23.6 Å². The monoisotopic (exact) mass is 310 g/mol. The van der Waals surface area contributed by atoms with E-state index in [-0.39, 0.29) is 0 Å². The molecule has 116 valence electrons. The Morgan fingerprint density at radius 2 is 1.50 bits per heavy atom. The fraction of sp³-hybridized carbons (Fsp3) is 0.0909. The molecule has 0 saturated heterocycles. The van der Waals surface area contributed by atoms with Gasteiger partial charge in [0.15, 0.2) is 0 Å². The maximum atomic E-state index is 4.46. The third kappa shape index (κ3) is 3.04. The van der Waals surface area contributed by atoms with Gasteiger partial charge in [-0.3, -0.25) is 0 Å². The topological polar surface area (TPSA) is 25.8 Å². The lowest BCUT2D eigenvalue weighted by Gasteiger charge is -2.16. The minimum absolute atomic E-state index is 0.449. The molecule has 1 unspecified atom stereocenters. The van der Waals surface area contributed by atoms with Gasteiger partial charge in [-0.1, -0.05) is 78.9 Å². The fourth-order valence-corrected chi connectivity index (χ4v) is 3.04. The largest absolute Gasteiger partial charge is 0.236 e. The van der Waals surface area contributed by atoms with E-state index in [1.54, 1.807) is 6.33 Å². The van der Waals surface area contributed by atoms with E-state index in [4.69, 9.17) is 0 Å². The van der Waals surface area contributed by atoms with Gasteiger partial charge in [0.1, 0.15) is 6.33 Å². The summed E-state index contributed by atoms with van der Waals surface area (Å²) < 4.78 is 0. The summed E-state index contributed by atoms with van der Waals surface area (Å²) >= 11 is 0. The van der Waals surface area contributed by atoms with Gasteiger partial charge in [0.25, 0.3) is 0 Å². The lowest BCUT2D eigenvalue weighted by molar-refractivity contribution is 0.855. The number of allylic oxidation sites excluding steroid dienone is 4. The second kappa shape index (κ2) is 6.63. The van der Waals surface area contributed by atoms with Crippen molar-refractivity contribution in [2.24, 2.45) is 0 Å². The van der Waals surface area contributed by atoms with Crippen LogP contribution in [0.15, 0.2) is 91.3 Å². The van der Waals surface area contributed by atoms with Crippen molar-refractivity contribution >= 4 is 5.57 Å². The second-order valence-electron chi connectivity index (χ2n) is 5.93. The number of benzene rings is 2. The quantitative estimate of drug-likeness (QED) is 0.658. The molecule has 0 aliphatic heterocycles. The minimum atomic E-state index is 0.449. The Morgan fingerprint density at radius 1 is 0.792 bits per heavy atom. The molecule has 2 heteroatoms. The maximum Gasteiger partial charge on any atom is 0.116 e. The molecule has 0 N–H and O–H groups in total. The summed E-state index contributed by atoms with van der Waals surface area (Å²) in [4.78, 5) is 8.86. The SMILES string of the molecule is C1=CC(c2ccccc2)CC=C1c1cc(-c2ccccc2)ncn1. The molecule has 0 radical (unpaired) electrons. The fourth-order valence-electron chi connectivity index (χ4n) is 3.04. The molecule has 2 nitrogen and oxygen atoms in total. The molecule has 4 rings (SSSR count). The average molecular weight is 310 g/mol. The van der Waals surface area contributed by atoms with Crippen molar-refractivity contribution in [1.82, 2.24) is 9.97 Å². The van der Waals surface area contributed by atoms with Gasteiger partial charge < -0.3 is 0 Å². The highest BCUT2D eigenvalue weighted by molar-refractivity contribution is 5.75. The standard InChI is InChI=1S/C22H18N2/c1-3-7-17(8-4-1)18-11-13-20(14-12-18)22-15-21(23-16-24-22)19-9-5-2-6-10-19/h1-11,13-16,18H,12H2. The molecule has 0 bridgehead atoms.